The Labute approximate surface area is 270 Å². The second-order valence-electron chi connectivity index (χ2n) is 13.7. The predicted octanol–water partition coefficient (Wildman–Crippen LogP) is 11.3. The molecule has 2 aliphatic rings. The zero-order valence-electron chi connectivity index (χ0n) is 26.9. The summed E-state index contributed by atoms with van der Waals surface area (Å²) in [4.78, 5) is 0. The van der Waals surface area contributed by atoms with Crippen LogP contribution in [0.1, 0.15) is 95.1 Å². The molecule has 2 aliphatic carbocycles. The number of rotatable bonds is 11. The van der Waals surface area contributed by atoms with Gasteiger partial charge in [0, 0.05) is 16.8 Å². The van der Waals surface area contributed by atoms with Crippen molar-refractivity contribution in [3.8, 4) is 23.0 Å². The molecule has 4 nitrogen and oxygen atoms in total. The third-order valence-electron chi connectivity index (χ3n) is 10.6. The second kappa shape index (κ2) is 14.5. The van der Waals surface area contributed by atoms with Crippen molar-refractivity contribution in [1.29, 1.82) is 0 Å². The van der Waals surface area contributed by atoms with Crippen LogP contribution >= 0.6 is 0 Å². The van der Waals surface area contributed by atoms with Crippen molar-refractivity contribution in [2.75, 3.05) is 11.5 Å². The van der Waals surface area contributed by atoms with E-state index in [9.17, 15) is 0 Å². The minimum absolute atomic E-state index is 0.0201. The lowest BCUT2D eigenvalue weighted by atomic mass is 9.61. The lowest BCUT2D eigenvalue weighted by molar-refractivity contribution is 0.184. The Bertz CT molecular complexity index is 1370. The van der Waals surface area contributed by atoms with Crippen LogP contribution in [0, 0.1) is 17.8 Å². The normalized spacial score (nSPS) is 20.0. The number of nitrogens with two attached hydrogens (primary N) is 2. The third-order valence-corrected chi connectivity index (χ3v) is 10.6. The molecule has 4 heteroatoms. The molecule has 0 saturated heterocycles. The van der Waals surface area contributed by atoms with E-state index in [4.69, 9.17) is 20.9 Å². The number of benzene rings is 4. The Morgan fingerprint density at radius 1 is 0.533 bits per heavy atom. The second-order valence-corrected chi connectivity index (χ2v) is 13.7. The van der Waals surface area contributed by atoms with Gasteiger partial charge in [0.2, 0.25) is 0 Å². The minimum atomic E-state index is -0.0201. The van der Waals surface area contributed by atoms with Gasteiger partial charge in [-0.2, -0.15) is 0 Å². The first kappa shape index (κ1) is 31.1. The highest BCUT2D eigenvalue weighted by Crippen LogP contribution is 2.49. The van der Waals surface area contributed by atoms with E-state index in [0.717, 1.165) is 52.1 Å². The largest absolute Gasteiger partial charge is 0.457 e. The Morgan fingerprint density at radius 3 is 1.33 bits per heavy atom. The van der Waals surface area contributed by atoms with E-state index in [1.165, 1.54) is 88.2 Å². The van der Waals surface area contributed by atoms with Crippen LogP contribution in [0.25, 0.3) is 0 Å². The summed E-state index contributed by atoms with van der Waals surface area (Å²) < 4.78 is 12.3. The van der Waals surface area contributed by atoms with Gasteiger partial charge < -0.3 is 20.9 Å². The maximum absolute atomic E-state index is 6.14. The molecule has 0 spiro atoms. The number of anilines is 2. The first-order valence-corrected chi connectivity index (χ1v) is 17.3. The monoisotopic (exact) mass is 602 g/mol. The molecule has 45 heavy (non-hydrogen) atoms. The topological polar surface area (TPSA) is 70.5 Å². The molecule has 236 valence electrons. The zero-order chi connectivity index (χ0) is 31.1. The van der Waals surface area contributed by atoms with Crippen molar-refractivity contribution < 1.29 is 9.47 Å². The van der Waals surface area contributed by atoms with Crippen LogP contribution in [0.4, 0.5) is 11.4 Å². The molecule has 0 amide bonds. The summed E-state index contributed by atoms with van der Waals surface area (Å²) >= 11 is 0. The smallest absolute Gasteiger partial charge is 0.127 e. The molecule has 0 bridgehead atoms. The average Bonchev–Trinajstić information content (AvgIpc) is 3.08. The lowest BCUT2D eigenvalue weighted by Gasteiger charge is -2.42. The summed E-state index contributed by atoms with van der Waals surface area (Å²) in [6.45, 7) is 2.32. The highest BCUT2D eigenvalue weighted by Gasteiger charge is 2.39. The molecule has 0 unspecified atom stereocenters. The Hall–Kier alpha value is -3.92. The fourth-order valence-corrected chi connectivity index (χ4v) is 7.90. The number of hydrogen-bond donors (Lipinski definition) is 2. The van der Waals surface area contributed by atoms with Crippen LogP contribution in [0.3, 0.4) is 0 Å². The van der Waals surface area contributed by atoms with Crippen molar-refractivity contribution in [2.45, 2.75) is 89.4 Å². The maximum Gasteiger partial charge on any atom is 0.127 e. The summed E-state index contributed by atoms with van der Waals surface area (Å²) in [5, 5.41) is 0. The fourth-order valence-electron chi connectivity index (χ4n) is 7.90. The molecular weight excluding hydrogens is 552 g/mol. The summed E-state index contributed by atoms with van der Waals surface area (Å²) in [6.07, 6.45) is 16.3. The number of unbranched alkanes of at least 4 members (excludes halogenated alkanes) is 1. The third kappa shape index (κ3) is 7.84. The van der Waals surface area contributed by atoms with E-state index >= 15 is 0 Å². The van der Waals surface area contributed by atoms with Gasteiger partial charge >= 0.3 is 0 Å². The molecule has 0 atom stereocenters. The molecule has 2 fully saturated rings. The standard InChI is InChI=1S/C41H50N2O2/c1-2-3-4-30-5-7-31(8-6-30)29-32-25-27-41(28-26-32,33-9-17-37(18-10-33)44-39-21-13-35(42)14-22-39)34-11-19-38(20-12-34)45-40-23-15-36(43)16-24-40/h9-24,30-32H,2-8,25-29,42-43H2,1H3. The fraction of sp³-hybridized carbons (Fsp3) is 0.415. The van der Waals surface area contributed by atoms with Crippen molar-refractivity contribution >= 4 is 11.4 Å². The van der Waals surface area contributed by atoms with Gasteiger partial charge in [-0.05, 0) is 134 Å². The highest BCUT2D eigenvalue weighted by molar-refractivity contribution is 5.47. The van der Waals surface area contributed by atoms with Gasteiger partial charge in [-0.3, -0.25) is 0 Å². The Kier molecular flexibility index (Phi) is 9.98. The predicted molar refractivity (Wildman–Crippen MR) is 187 cm³/mol. The van der Waals surface area contributed by atoms with Crippen LogP contribution in [-0.4, -0.2) is 0 Å². The number of ether oxygens (including phenoxy) is 2. The Morgan fingerprint density at radius 2 is 0.911 bits per heavy atom. The molecule has 0 radical (unpaired) electrons. The zero-order valence-corrected chi connectivity index (χ0v) is 26.9. The molecule has 2 saturated carbocycles. The quantitative estimate of drug-likeness (QED) is 0.168. The van der Waals surface area contributed by atoms with E-state index < -0.39 is 0 Å². The lowest BCUT2D eigenvalue weighted by Crippen LogP contribution is -2.34. The SMILES string of the molecule is CCCCC1CCC(CC2CCC(c3ccc(Oc4ccc(N)cc4)cc3)(c3ccc(Oc4ccc(N)cc4)cc3)CC2)CC1. The van der Waals surface area contributed by atoms with Gasteiger partial charge in [-0.1, -0.05) is 76.1 Å². The number of hydrogen-bond acceptors (Lipinski definition) is 4. The summed E-state index contributed by atoms with van der Waals surface area (Å²) in [6, 6.07) is 32.7. The van der Waals surface area contributed by atoms with Gasteiger partial charge in [0.25, 0.3) is 0 Å². The van der Waals surface area contributed by atoms with Gasteiger partial charge in [0.15, 0.2) is 0 Å². The molecular formula is C41H50N2O2. The summed E-state index contributed by atoms with van der Waals surface area (Å²) in [7, 11) is 0. The van der Waals surface area contributed by atoms with Crippen molar-refractivity contribution in [3.63, 3.8) is 0 Å². The maximum atomic E-state index is 6.14. The van der Waals surface area contributed by atoms with Crippen molar-refractivity contribution in [1.82, 2.24) is 0 Å². The molecule has 0 aliphatic heterocycles. The molecule has 0 aromatic heterocycles. The van der Waals surface area contributed by atoms with Crippen molar-refractivity contribution in [3.05, 3.63) is 108 Å². The average molecular weight is 603 g/mol. The van der Waals surface area contributed by atoms with E-state index in [2.05, 4.69) is 55.5 Å². The minimum Gasteiger partial charge on any atom is -0.457 e. The van der Waals surface area contributed by atoms with Crippen molar-refractivity contribution in [2.24, 2.45) is 17.8 Å². The van der Waals surface area contributed by atoms with Gasteiger partial charge in [-0.15, -0.1) is 0 Å². The van der Waals surface area contributed by atoms with Crippen LogP contribution in [0.2, 0.25) is 0 Å². The molecule has 4 N–H and O–H groups in total. The van der Waals surface area contributed by atoms with E-state index in [-0.39, 0.29) is 5.41 Å². The van der Waals surface area contributed by atoms with Gasteiger partial charge in [-0.25, -0.2) is 0 Å². The van der Waals surface area contributed by atoms with Crippen LogP contribution in [0.5, 0.6) is 23.0 Å². The number of nitrogen functional groups attached to an aromatic ring is 2. The van der Waals surface area contributed by atoms with Crippen LogP contribution in [0.15, 0.2) is 97.1 Å². The van der Waals surface area contributed by atoms with E-state index in [0.29, 0.717) is 0 Å². The first-order valence-electron chi connectivity index (χ1n) is 17.3. The van der Waals surface area contributed by atoms with Crippen LogP contribution < -0.4 is 20.9 Å². The molecule has 0 heterocycles. The highest BCUT2D eigenvalue weighted by atomic mass is 16.5. The van der Waals surface area contributed by atoms with Gasteiger partial charge in [0.05, 0.1) is 0 Å². The summed E-state index contributed by atoms with van der Waals surface area (Å²) in [5.74, 6) is 6.01. The van der Waals surface area contributed by atoms with E-state index in [1.54, 1.807) is 0 Å². The Balaban J connectivity index is 1.17. The summed E-state index contributed by atoms with van der Waals surface area (Å²) in [5.41, 5.74) is 15.9. The van der Waals surface area contributed by atoms with Crippen LogP contribution in [-0.2, 0) is 5.41 Å². The first-order chi connectivity index (χ1) is 22.0. The van der Waals surface area contributed by atoms with Gasteiger partial charge in [0.1, 0.15) is 23.0 Å². The molecule has 6 rings (SSSR count). The van der Waals surface area contributed by atoms with E-state index in [1.807, 2.05) is 48.5 Å². The molecule has 4 aromatic rings. The molecule has 4 aromatic carbocycles.